The summed E-state index contributed by atoms with van der Waals surface area (Å²) in [5, 5.41) is 9.81. The molecule has 0 aromatic carbocycles. The lowest BCUT2D eigenvalue weighted by molar-refractivity contribution is -0.201. The molecule has 0 aromatic rings. The molecule has 0 bridgehead atoms. The second-order valence-corrected chi connectivity index (χ2v) is 7.51. The van der Waals surface area contributed by atoms with E-state index in [2.05, 4.69) is 6.92 Å². The highest BCUT2D eigenvalue weighted by Crippen LogP contribution is 2.47. The largest absolute Gasteiger partial charge is 0.479 e. The molecular weight excluding hydrogens is 320 g/mol. The van der Waals surface area contributed by atoms with Gasteiger partial charge in [-0.1, -0.05) is 39.0 Å². The van der Waals surface area contributed by atoms with Gasteiger partial charge >= 0.3 is 5.97 Å². The van der Waals surface area contributed by atoms with Crippen LogP contribution in [-0.4, -0.2) is 48.7 Å². The molecule has 2 aliphatic heterocycles. The molecule has 0 saturated carbocycles. The fourth-order valence-electron chi connectivity index (χ4n) is 4.32. The van der Waals surface area contributed by atoms with Gasteiger partial charge in [-0.15, -0.1) is 0 Å². The Morgan fingerprint density at radius 1 is 0.960 bits per heavy atom. The molecule has 2 rings (SSSR count). The molecule has 0 radical (unpaired) electrons. The van der Waals surface area contributed by atoms with Crippen LogP contribution in [0.3, 0.4) is 0 Å². The van der Waals surface area contributed by atoms with Crippen molar-refractivity contribution in [2.24, 2.45) is 0 Å². The molecule has 2 atom stereocenters. The molecule has 5 heteroatoms. The van der Waals surface area contributed by atoms with Gasteiger partial charge < -0.3 is 19.3 Å². The number of carbonyl (C=O) groups is 1. The molecule has 2 saturated heterocycles. The van der Waals surface area contributed by atoms with E-state index in [0.717, 1.165) is 38.7 Å². The van der Waals surface area contributed by atoms with Gasteiger partial charge in [0.15, 0.2) is 5.60 Å². The summed E-state index contributed by atoms with van der Waals surface area (Å²) < 4.78 is 17.5. The molecule has 1 N–H and O–H groups in total. The third-order valence-electron chi connectivity index (χ3n) is 5.72. The molecule has 2 fully saturated rings. The Morgan fingerprint density at radius 3 is 2.28 bits per heavy atom. The van der Waals surface area contributed by atoms with Gasteiger partial charge in [-0.05, 0) is 44.9 Å². The lowest BCUT2D eigenvalue weighted by Gasteiger charge is -2.41. The second kappa shape index (κ2) is 10.5. The average molecular weight is 357 g/mol. The van der Waals surface area contributed by atoms with Gasteiger partial charge in [-0.2, -0.15) is 0 Å². The van der Waals surface area contributed by atoms with Gasteiger partial charge in [-0.3, -0.25) is 0 Å². The maximum absolute atomic E-state index is 12.0. The minimum absolute atomic E-state index is 0.520. The second-order valence-electron chi connectivity index (χ2n) is 7.51. The first-order valence-corrected chi connectivity index (χ1v) is 10.3. The lowest BCUT2D eigenvalue weighted by Crippen LogP contribution is -2.58. The number of unbranched alkanes of at least 4 members (excludes halogenated alkanes) is 5. The van der Waals surface area contributed by atoms with Crippen LogP contribution in [0.5, 0.6) is 0 Å². The number of carboxylic acids is 1. The summed E-state index contributed by atoms with van der Waals surface area (Å²) in [6.07, 6.45) is 12.2. The number of carboxylic acid groups (broad SMARTS) is 1. The number of ether oxygens (including phenoxy) is 3. The van der Waals surface area contributed by atoms with Crippen molar-refractivity contribution in [3.05, 3.63) is 0 Å². The zero-order chi connectivity index (χ0) is 18.0. The molecule has 0 spiro atoms. The van der Waals surface area contributed by atoms with E-state index >= 15 is 0 Å². The normalized spacial score (nSPS) is 29.3. The molecular formula is C20H36O5. The van der Waals surface area contributed by atoms with Crippen LogP contribution < -0.4 is 0 Å². The van der Waals surface area contributed by atoms with E-state index < -0.39 is 17.2 Å². The fourth-order valence-corrected chi connectivity index (χ4v) is 4.32. The number of rotatable bonds is 13. The Kier molecular flexibility index (Phi) is 8.67. The number of hydrogen-bond acceptors (Lipinski definition) is 4. The molecule has 0 aliphatic carbocycles. The maximum atomic E-state index is 12.0. The summed E-state index contributed by atoms with van der Waals surface area (Å²) in [4.78, 5) is 12.0. The van der Waals surface area contributed by atoms with Gasteiger partial charge in [-0.25, -0.2) is 4.79 Å². The van der Waals surface area contributed by atoms with Crippen LogP contribution in [0.1, 0.15) is 84.0 Å². The van der Waals surface area contributed by atoms with E-state index in [4.69, 9.17) is 14.2 Å². The van der Waals surface area contributed by atoms with Crippen LogP contribution >= 0.6 is 0 Å². The smallest absolute Gasteiger partial charge is 0.339 e. The van der Waals surface area contributed by atoms with Crippen LogP contribution in [0.4, 0.5) is 0 Å². The highest BCUT2D eigenvalue weighted by molar-refractivity contribution is 5.80. The predicted molar refractivity (Wildman–Crippen MR) is 96.9 cm³/mol. The monoisotopic (exact) mass is 356 g/mol. The summed E-state index contributed by atoms with van der Waals surface area (Å²) in [5.41, 5.74) is -1.82. The number of aliphatic carboxylic acids is 1. The van der Waals surface area contributed by atoms with E-state index in [1.54, 1.807) is 0 Å². The minimum atomic E-state index is -1.15. The van der Waals surface area contributed by atoms with Gasteiger partial charge in [0, 0.05) is 26.4 Å². The molecule has 0 unspecified atom stereocenters. The highest BCUT2D eigenvalue weighted by atomic mass is 16.6. The molecule has 0 amide bonds. The first-order chi connectivity index (χ1) is 12.2. The molecule has 146 valence electrons. The molecule has 2 aliphatic rings. The van der Waals surface area contributed by atoms with Crippen LogP contribution in [0.15, 0.2) is 0 Å². The quantitative estimate of drug-likeness (QED) is 0.498. The molecule has 2 heterocycles. The van der Waals surface area contributed by atoms with Gasteiger partial charge in [0.2, 0.25) is 0 Å². The lowest BCUT2D eigenvalue weighted by atomic mass is 9.75. The van der Waals surface area contributed by atoms with Crippen molar-refractivity contribution in [2.75, 3.05) is 26.4 Å². The van der Waals surface area contributed by atoms with Gasteiger partial charge in [0.1, 0.15) is 5.60 Å². The fraction of sp³-hybridized carbons (Fsp3) is 0.950. The summed E-state index contributed by atoms with van der Waals surface area (Å²) in [7, 11) is 0. The average Bonchev–Trinajstić information content (AvgIpc) is 3.27. The van der Waals surface area contributed by atoms with Gasteiger partial charge in [0.25, 0.3) is 0 Å². The minimum Gasteiger partial charge on any atom is -0.479 e. The summed E-state index contributed by atoms with van der Waals surface area (Å²) in [6, 6.07) is 0. The van der Waals surface area contributed by atoms with Crippen molar-refractivity contribution in [3.8, 4) is 0 Å². The zero-order valence-electron chi connectivity index (χ0n) is 15.9. The standard InChI is InChI=1S/C20H36O5/c1-2-3-4-5-6-7-14-23-15-8-11-19(12-9-16-24-19)20(18(21)22)13-10-17-25-20/h2-17H2,1H3,(H,21,22)/t19-,20-/m1/s1. The van der Waals surface area contributed by atoms with Crippen molar-refractivity contribution < 1.29 is 24.1 Å². The maximum Gasteiger partial charge on any atom is 0.339 e. The van der Waals surface area contributed by atoms with Crippen LogP contribution in [-0.2, 0) is 19.0 Å². The Hall–Kier alpha value is -0.650. The third-order valence-corrected chi connectivity index (χ3v) is 5.72. The van der Waals surface area contributed by atoms with Crippen LogP contribution in [0.25, 0.3) is 0 Å². The van der Waals surface area contributed by atoms with E-state index in [9.17, 15) is 9.90 Å². The van der Waals surface area contributed by atoms with Crippen molar-refractivity contribution in [3.63, 3.8) is 0 Å². The number of hydrogen-bond donors (Lipinski definition) is 1. The highest BCUT2D eigenvalue weighted by Gasteiger charge is 2.61. The summed E-state index contributed by atoms with van der Waals surface area (Å²) in [5.74, 6) is -0.861. The van der Waals surface area contributed by atoms with E-state index in [0.29, 0.717) is 32.7 Å². The third kappa shape index (κ3) is 5.18. The van der Waals surface area contributed by atoms with Crippen molar-refractivity contribution in [1.29, 1.82) is 0 Å². The Labute approximate surface area is 152 Å². The van der Waals surface area contributed by atoms with E-state index in [-0.39, 0.29) is 0 Å². The Bertz CT molecular complexity index is 384. The predicted octanol–water partition coefficient (Wildman–Crippen LogP) is 4.33. The molecule has 0 aromatic heterocycles. The topological polar surface area (TPSA) is 65.0 Å². The first kappa shape index (κ1) is 20.7. The SMILES string of the molecule is CCCCCCCCOCCC[C@]1([C@]2(C(=O)O)CCCO2)CCCO1. The van der Waals surface area contributed by atoms with Crippen LogP contribution in [0, 0.1) is 0 Å². The summed E-state index contributed by atoms with van der Waals surface area (Å²) in [6.45, 7) is 4.87. The van der Waals surface area contributed by atoms with Crippen molar-refractivity contribution >= 4 is 5.97 Å². The van der Waals surface area contributed by atoms with Gasteiger partial charge in [0.05, 0.1) is 0 Å². The van der Waals surface area contributed by atoms with Crippen molar-refractivity contribution in [2.45, 2.75) is 95.2 Å². The van der Waals surface area contributed by atoms with Crippen molar-refractivity contribution in [1.82, 2.24) is 0 Å². The van der Waals surface area contributed by atoms with Crippen LogP contribution in [0.2, 0.25) is 0 Å². The molecule has 5 nitrogen and oxygen atoms in total. The summed E-state index contributed by atoms with van der Waals surface area (Å²) >= 11 is 0. The van der Waals surface area contributed by atoms with E-state index in [1.807, 2.05) is 0 Å². The molecule has 25 heavy (non-hydrogen) atoms. The zero-order valence-corrected chi connectivity index (χ0v) is 15.9. The Morgan fingerprint density at radius 2 is 1.64 bits per heavy atom. The van der Waals surface area contributed by atoms with E-state index in [1.165, 1.54) is 32.1 Å². The Balaban J connectivity index is 1.69. The first-order valence-electron chi connectivity index (χ1n) is 10.3.